The van der Waals surface area contributed by atoms with E-state index in [1.165, 1.54) is 0 Å². The summed E-state index contributed by atoms with van der Waals surface area (Å²) in [6.07, 6.45) is 10.9. The molecule has 1 rings (SSSR count). The zero-order chi connectivity index (χ0) is 15.1. The highest BCUT2D eigenvalue weighted by molar-refractivity contribution is 5.99. The molecule has 0 bridgehead atoms. The molecule has 0 spiro atoms. The van der Waals surface area contributed by atoms with E-state index in [0.29, 0.717) is 35.8 Å². The largest absolute Gasteiger partial charge is 0.377 e. The molecular weight excluding hydrogens is 250 g/mol. The Bertz CT molecular complexity index is 539. The Balaban J connectivity index is 3.11. The van der Waals surface area contributed by atoms with Gasteiger partial charge in [-0.15, -0.1) is 12.8 Å². The van der Waals surface area contributed by atoms with Crippen molar-refractivity contribution in [1.29, 1.82) is 0 Å². The van der Waals surface area contributed by atoms with Gasteiger partial charge in [0.1, 0.15) is 0 Å². The summed E-state index contributed by atoms with van der Waals surface area (Å²) < 4.78 is 5.57. The number of benzene rings is 1. The number of carbonyl (C=O) groups excluding carboxylic acids is 1. The predicted octanol–water partition coefficient (Wildman–Crippen LogP) is 2.18. The minimum atomic E-state index is -0.277. The van der Waals surface area contributed by atoms with Gasteiger partial charge < -0.3 is 10.1 Å². The average Bonchev–Trinajstić information content (AvgIpc) is 2.44. The van der Waals surface area contributed by atoms with E-state index >= 15 is 0 Å². The minimum Gasteiger partial charge on any atom is -0.377 e. The number of hydrogen-bond donors (Lipinski definition) is 1. The van der Waals surface area contributed by atoms with Crippen molar-refractivity contribution in [3.05, 3.63) is 34.4 Å². The molecule has 0 radical (unpaired) electrons. The van der Waals surface area contributed by atoms with Crippen LogP contribution in [0.25, 0.3) is 0 Å². The fourth-order valence-corrected chi connectivity index (χ4v) is 1.79. The summed E-state index contributed by atoms with van der Waals surface area (Å²) in [5, 5.41) is 2.55. The Morgan fingerprint density at radius 2 is 1.85 bits per heavy atom. The monoisotopic (exact) mass is 269 g/mol. The molecule has 0 aromatic heterocycles. The summed E-state index contributed by atoms with van der Waals surface area (Å²) in [6.45, 7) is 5.24. The summed E-state index contributed by atoms with van der Waals surface area (Å²) in [5.74, 6) is 5.21. The summed E-state index contributed by atoms with van der Waals surface area (Å²) in [7, 11) is 1.54. The van der Waals surface area contributed by atoms with Gasteiger partial charge in [-0.25, -0.2) is 0 Å². The van der Waals surface area contributed by atoms with Crippen LogP contribution < -0.4 is 5.32 Å². The van der Waals surface area contributed by atoms with Crippen molar-refractivity contribution in [3.63, 3.8) is 0 Å². The number of nitrogens with one attached hydrogen (secondary N) is 1. The maximum Gasteiger partial charge on any atom is 0.253 e. The highest BCUT2D eigenvalue weighted by Crippen LogP contribution is 2.18. The van der Waals surface area contributed by atoms with E-state index < -0.39 is 0 Å². The number of ether oxygens (including phenoxy) is 1. The molecule has 3 heteroatoms. The number of hydrogen-bond acceptors (Lipinski definition) is 2. The van der Waals surface area contributed by atoms with Gasteiger partial charge in [0.25, 0.3) is 5.91 Å². The number of rotatable bonds is 5. The standard InChI is InChI=1S/C17H19NO2/c1-6-14-8-13(11-20-10-12(3)4)9-15(7-2)16(14)17(19)18-5/h1-2,8-9,12H,10-11H2,3-5H3,(H,18,19). The second-order valence-electron chi connectivity index (χ2n) is 4.84. The van der Waals surface area contributed by atoms with Gasteiger partial charge in [-0.05, 0) is 23.6 Å². The van der Waals surface area contributed by atoms with Crippen LogP contribution in [0.5, 0.6) is 0 Å². The molecule has 20 heavy (non-hydrogen) atoms. The van der Waals surface area contributed by atoms with Crippen LogP contribution in [-0.2, 0) is 11.3 Å². The van der Waals surface area contributed by atoms with E-state index in [9.17, 15) is 4.79 Å². The second kappa shape index (κ2) is 7.38. The first-order valence-electron chi connectivity index (χ1n) is 6.43. The Labute approximate surface area is 120 Å². The van der Waals surface area contributed by atoms with Crippen molar-refractivity contribution in [2.24, 2.45) is 5.92 Å². The van der Waals surface area contributed by atoms with E-state index in [2.05, 4.69) is 31.0 Å². The lowest BCUT2D eigenvalue weighted by atomic mass is 9.97. The van der Waals surface area contributed by atoms with E-state index in [-0.39, 0.29) is 5.91 Å². The van der Waals surface area contributed by atoms with Crippen molar-refractivity contribution in [3.8, 4) is 24.7 Å². The lowest BCUT2D eigenvalue weighted by molar-refractivity contribution is 0.0956. The topological polar surface area (TPSA) is 38.3 Å². The van der Waals surface area contributed by atoms with Crippen LogP contribution in [0.15, 0.2) is 12.1 Å². The maximum absolute atomic E-state index is 11.9. The smallest absolute Gasteiger partial charge is 0.253 e. The van der Waals surface area contributed by atoms with Gasteiger partial charge >= 0.3 is 0 Å². The van der Waals surface area contributed by atoms with Crippen LogP contribution in [0, 0.1) is 30.6 Å². The summed E-state index contributed by atoms with van der Waals surface area (Å²) in [5.41, 5.74) is 2.22. The van der Waals surface area contributed by atoms with E-state index in [1.807, 2.05) is 0 Å². The van der Waals surface area contributed by atoms with E-state index in [4.69, 9.17) is 17.6 Å². The van der Waals surface area contributed by atoms with Crippen molar-refractivity contribution in [1.82, 2.24) is 5.32 Å². The molecule has 0 aliphatic rings. The van der Waals surface area contributed by atoms with Gasteiger partial charge in [0.15, 0.2) is 0 Å². The lowest BCUT2D eigenvalue weighted by Crippen LogP contribution is -2.21. The average molecular weight is 269 g/mol. The lowest BCUT2D eigenvalue weighted by Gasteiger charge is -2.11. The van der Waals surface area contributed by atoms with Gasteiger partial charge in [-0.2, -0.15) is 0 Å². The molecule has 0 aliphatic heterocycles. The zero-order valence-electron chi connectivity index (χ0n) is 12.1. The molecule has 0 atom stereocenters. The van der Waals surface area contributed by atoms with Crippen LogP contribution in [0.4, 0.5) is 0 Å². The first-order valence-corrected chi connectivity index (χ1v) is 6.43. The summed E-state index contributed by atoms with van der Waals surface area (Å²) in [4.78, 5) is 11.9. The van der Waals surface area contributed by atoms with Crippen molar-refractivity contribution in [2.45, 2.75) is 20.5 Å². The second-order valence-corrected chi connectivity index (χ2v) is 4.84. The Kier molecular flexibility index (Phi) is 5.84. The normalized spacial score (nSPS) is 9.90. The summed E-state index contributed by atoms with van der Waals surface area (Å²) >= 11 is 0. The fourth-order valence-electron chi connectivity index (χ4n) is 1.79. The van der Waals surface area contributed by atoms with Crippen LogP contribution in [-0.4, -0.2) is 19.6 Å². The van der Waals surface area contributed by atoms with Crippen LogP contribution >= 0.6 is 0 Å². The highest BCUT2D eigenvalue weighted by Gasteiger charge is 2.15. The SMILES string of the molecule is C#Cc1cc(COCC(C)C)cc(C#C)c1C(=O)NC. The number of amides is 1. The third-order valence-electron chi connectivity index (χ3n) is 2.68. The first kappa shape index (κ1) is 15.8. The van der Waals surface area contributed by atoms with Gasteiger partial charge in [0, 0.05) is 24.8 Å². The number of carbonyl (C=O) groups is 1. The molecule has 0 unspecified atom stereocenters. The molecule has 1 N–H and O–H groups in total. The molecule has 1 amide bonds. The van der Waals surface area contributed by atoms with E-state index in [1.54, 1.807) is 19.2 Å². The van der Waals surface area contributed by atoms with Gasteiger partial charge in [0.05, 0.1) is 12.2 Å². The molecule has 1 aromatic carbocycles. The zero-order valence-corrected chi connectivity index (χ0v) is 12.1. The van der Waals surface area contributed by atoms with E-state index in [0.717, 1.165) is 5.56 Å². The van der Waals surface area contributed by atoms with Crippen molar-refractivity contribution < 1.29 is 9.53 Å². The Hall–Kier alpha value is -2.23. The molecule has 3 nitrogen and oxygen atoms in total. The van der Waals surface area contributed by atoms with Crippen molar-refractivity contribution >= 4 is 5.91 Å². The molecule has 0 fully saturated rings. The minimum absolute atomic E-state index is 0.277. The van der Waals surface area contributed by atoms with Crippen LogP contribution in [0.3, 0.4) is 0 Å². The first-order chi connectivity index (χ1) is 9.53. The molecule has 0 saturated heterocycles. The summed E-state index contributed by atoms with van der Waals surface area (Å²) in [6, 6.07) is 3.54. The van der Waals surface area contributed by atoms with Crippen LogP contribution in [0.2, 0.25) is 0 Å². The fraction of sp³-hybridized carbons (Fsp3) is 0.353. The molecule has 1 aromatic rings. The predicted molar refractivity (Wildman–Crippen MR) is 80.2 cm³/mol. The quantitative estimate of drug-likeness (QED) is 0.832. The molecule has 0 heterocycles. The van der Waals surface area contributed by atoms with Gasteiger partial charge in [-0.1, -0.05) is 25.7 Å². The third-order valence-corrected chi connectivity index (χ3v) is 2.68. The Morgan fingerprint density at radius 3 is 2.25 bits per heavy atom. The molecule has 0 aliphatic carbocycles. The molecular formula is C17H19NO2. The number of terminal acetylenes is 2. The Morgan fingerprint density at radius 1 is 1.30 bits per heavy atom. The highest BCUT2D eigenvalue weighted by atomic mass is 16.5. The van der Waals surface area contributed by atoms with Gasteiger partial charge in [-0.3, -0.25) is 4.79 Å². The third kappa shape index (κ3) is 3.88. The molecule has 0 saturated carbocycles. The maximum atomic E-state index is 11.9. The molecule has 104 valence electrons. The van der Waals surface area contributed by atoms with Crippen LogP contribution in [0.1, 0.15) is 40.9 Å². The van der Waals surface area contributed by atoms with Crippen molar-refractivity contribution in [2.75, 3.05) is 13.7 Å². The van der Waals surface area contributed by atoms with Gasteiger partial charge in [0.2, 0.25) is 0 Å².